The molecule has 2 aliphatic rings. The molecule has 0 saturated carbocycles. The number of nitrogens with one attached hydrogen (secondary N) is 2. The van der Waals surface area contributed by atoms with Crippen molar-refractivity contribution >= 4 is 11.6 Å². The van der Waals surface area contributed by atoms with Crippen molar-refractivity contribution < 1.29 is 14.6 Å². The SMILES string of the molecule is C[NH+]1CC[NH+](CC(=O)N2c3ccccc3[C@](C)(c3ccccc3)CC2(C)C)CC1. The average Bonchev–Trinajstić information content (AvgIpc) is 2.70. The summed E-state index contributed by atoms with van der Waals surface area (Å²) in [6.07, 6.45) is 0.912. The Balaban J connectivity index is 1.70. The van der Waals surface area contributed by atoms with E-state index in [9.17, 15) is 4.79 Å². The number of fused-ring (bicyclic) bond motifs is 1. The molecule has 0 spiro atoms. The van der Waals surface area contributed by atoms with Crippen LogP contribution in [0.4, 0.5) is 5.69 Å². The largest absolute Gasteiger partial charge is 0.328 e. The minimum Gasteiger partial charge on any atom is -0.328 e. The highest BCUT2D eigenvalue weighted by atomic mass is 16.2. The molecule has 0 radical (unpaired) electrons. The Hall–Kier alpha value is -2.17. The van der Waals surface area contributed by atoms with Crippen LogP contribution in [0.5, 0.6) is 0 Å². The summed E-state index contributed by atoms with van der Waals surface area (Å²) >= 11 is 0. The van der Waals surface area contributed by atoms with Crippen LogP contribution in [-0.4, -0.2) is 51.2 Å². The van der Waals surface area contributed by atoms with Gasteiger partial charge in [-0.25, -0.2) is 0 Å². The summed E-state index contributed by atoms with van der Waals surface area (Å²) in [6, 6.07) is 19.3. The normalized spacial score (nSPS) is 28.6. The molecule has 1 amide bonds. The van der Waals surface area contributed by atoms with Crippen LogP contribution in [0.3, 0.4) is 0 Å². The van der Waals surface area contributed by atoms with Crippen LogP contribution in [0.25, 0.3) is 0 Å². The van der Waals surface area contributed by atoms with Gasteiger partial charge in [0.05, 0.1) is 7.05 Å². The maximum Gasteiger partial charge on any atom is 0.282 e. The van der Waals surface area contributed by atoms with E-state index in [1.165, 1.54) is 16.0 Å². The standard InChI is InChI=1S/C25H33N3O/c1-24(2)19-25(3,20-10-6-5-7-11-20)21-12-8-9-13-22(21)28(24)23(29)18-27-16-14-26(4)15-17-27/h5-13H,14-19H2,1-4H3/p+2/t25-/m0/s1. The topological polar surface area (TPSA) is 29.2 Å². The Morgan fingerprint density at radius 2 is 1.55 bits per heavy atom. The molecule has 0 aliphatic carbocycles. The van der Waals surface area contributed by atoms with Crippen molar-refractivity contribution in [3.8, 4) is 0 Å². The monoisotopic (exact) mass is 393 g/mol. The molecule has 0 aromatic heterocycles. The van der Waals surface area contributed by atoms with Gasteiger partial charge in [-0.1, -0.05) is 55.5 Å². The molecule has 4 nitrogen and oxygen atoms in total. The van der Waals surface area contributed by atoms with Crippen LogP contribution in [0, 0.1) is 0 Å². The summed E-state index contributed by atoms with van der Waals surface area (Å²) in [6.45, 7) is 11.8. The second kappa shape index (κ2) is 7.58. The number of para-hydroxylation sites is 1. The maximum atomic E-state index is 13.6. The predicted molar refractivity (Wildman–Crippen MR) is 118 cm³/mol. The van der Waals surface area contributed by atoms with Crippen molar-refractivity contribution in [3.63, 3.8) is 0 Å². The van der Waals surface area contributed by atoms with Gasteiger partial charge in [-0.15, -0.1) is 0 Å². The van der Waals surface area contributed by atoms with Gasteiger partial charge in [-0.3, -0.25) is 4.79 Å². The van der Waals surface area contributed by atoms with Gasteiger partial charge in [0, 0.05) is 16.6 Å². The molecule has 154 valence electrons. The number of carbonyl (C=O) groups excluding carboxylic acids is 1. The van der Waals surface area contributed by atoms with E-state index in [1.807, 2.05) is 0 Å². The van der Waals surface area contributed by atoms with E-state index < -0.39 is 0 Å². The van der Waals surface area contributed by atoms with Crippen molar-refractivity contribution in [1.29, 1.82) is 0 Å². The summed E-state index contributed by atoms with van der Waals surface area (Å²) in [4.78, 5) is 18.7. The third-order valence-corrected chi connectivity index (χ3v) is 7.00. The number of piperazine rings is 1. The van der Waals surface area contributed by atoms with E-state index in [-0.39, 0.29) is 16.9 Å². The molecule has 1 atom stereocenters. The lowest BCUT2D eigenvalue weighted by molar-refractivity contribution is -1.000. The molecule has 2 N–H and O–H groups in total. The average molecular weight is 394 g/mol. The molecule has 0 unspecified atom stereocenters. The van der Waals surface area contributed by atoms with E-state index >= 15 is 0 Å². The van der Waals surface area contributed by atoms with Crippen LogP contribution in [0.15, 0.2) is 54.6 Å². The number of rotatable bonds is 3. The van der Waals surface area contributed by atoms with Crippen LogP contribution in [0.1, 0.15) is 38.3 Å². The van der Waals surface area contributed by atoms with Crippen molar-refractivity contribution in [2.24, 2.45) is 0 Å². The fourth-order valence-electron chi connectivity index (χ4n) is 5.54. The third kappa shape index (κ3) is 3.72. The highest BCUT2D eigenvalue weighted by Crippen LogP contribution is 2.50. The number of likely N-dealkylation sites (N-methyl/N-ethyl adjacent to an activating group) is 1. The Bertz CT molecular complexity index is 871. The molecule has 4 rings (SSSR count). The Kier molecular flexibility index (Phi) is 5.26. The van der Waals surface area contributed by atoms with E-state index in [4.69, 9.17) is 0 Å². The van der Waals surface area contributed by atoms with Gasteiger partial charge >= 0.3 is 0 Å². The maximum absolute atomic E-state index is 13.6. The van der Waals surface area contributed by atoms with Gasteiger partial charge in [-0.2, -0.15) is 0 Å². The van der Waals surface area contributed by atoms with Gasteiger partial charge in [0.2, 0.25) is 0 Å². The van der Waals surface area contributed by atoms with E-state index in [0.717, 1.165) is 38.3 Å². The smallest absolute Gasteiger partial charge is 0.282 e. The number of amides is 1. The molecule has 1 saturated heterocycles. The second-order valence-corrected chi connectivity index (χ2v) is 9.82. The lowest BCUT2D eigenvalue weighted by Crippen LogP contribution is -3.27. The number of benzene rings is 2. The van der Waals surface area contributed by atoms with Crippen LogP contribution in [-0.2, 0) is 10.2 Å². The number of hydrogen-bond acceptors (Lipinski definition) is 1. The molecule has 2 aliphatic heterocycles. The van der Waals surface area contributed by atoms with Crippen LogP contribution >= 0.6 is 0 Å². The van der Waals surface area contributed by atoms with Gasteiger partial charge in [-0.05, 0) is 37.5 Å². The fraction of sp³-hybridized carbons (Fsp3) is 0.480. The quantitative estimate of drug-likeness (QED) is 0.798. The first kappa shape index (κ1) is 20.1. The molecule has 29 heavy (non-hydrogen) atoms. The lowest BCUT2D eigenvalue weighted by atomic mass is 9.65. The second-order valence-electron chi connectivity index (χ2n) is 9.82. The first-order valence-corrected chi connectivity index (χ1v) is 10.9. The first-order chi connectivity index (χ1) is 13.8. The molecular formula is C25H35N3O+2. The zero-order valence-electron chi connectivity index (χ0n) is 18.3. The van der Waals surface area contributed by atoms with Crippen LogP contribution in [0.2, 0.25) is 0 Å². The Morgan fingerprint density at radius 3 is 2.24 bits per heavy atom. The van der Waals surface area contributed by atoms with Gasteiger partial charge < -0.3 is 14.7 Å². The Morgan fingerprint density at radius 1 is 0.931 bits per heavy atom. The highest BCUT2D eigenvalue weighted by Gasteiger charge is 2.48. The van der Waals surface area contributed by atoms with Gasteiger partial charge in [0.15, 0.2) is 6.54 Å². The number of quaternary nitrogens is 2. The summed E-state index contributed by atoms with van der Waals surface area (Å²) in [5.74, 6) is 0.257. The zero-order chi connectivity index (χ0) is 20.6. The summed E-state index contributed by atoms with van der Waals surface area (Å²) in [5.41, 5.74) is 3.31. The minimum atomic E-state index is -0.243. The molecule has 2 heterocycles. The van der Waals surface area contributed by atoms with Gasteiger partial charge in [0.25, 0.3) is 5.91 Å². The third-order valence-electron chi connectivity index (χ3n) is 7.00. The van der Waals surface area contributed by atoms with E-state index in [2.05, 4.69) is 87.3 Å². The molecule has 2 aromatic carbocycles. The van der Waals surface area contributed by atoms with Crippen molar-refractivity contribution in [2.75, 3.05) is 44.7 Å². The number of hydrogen-bond donors (Lipinski definition) is 2. The first-order valence-electron chi connectivity index (χ1n) is 10.9. The highest BCUT2D eigenvalue weighted by molar-refractivity contribution is 5.97. The molecular weight excluding hydrogens is 358 g/mol. The lowest BCUT2D eigenvalue weighted by Gasteiger charge is -2.51. The molecule has 1 fully saturated rings. The fourth-order valence-corrected chi connectivity index (χ4v) is 5.54. The minimum absolute atomic E-state index is 0.109. The van der Waals surface area contributed by atoms with E-state index in [1.54, 1.807) is 4.90 Å². The van der Waals surface area contributed by atoms with E-state index in [0.29, 0.717) is 6.54 Å². The summed E-state index contributed by atoms with van der Waals surface area (Å²) < 4.78 is 0. The summed E-state index contributed by atoms with van der Waals surface area (Å²) in [7, 11) is 2.24. The van der Waals surface area contributed by atoms with Crippen molar-refractivity contribution in [1.82, 2.24) is 0 Å². The Labute approximate surface area is 175 Å². The number of carbonyl (C=O) groups is 1. The molecule has 0 bridgehead atoms. The number of anilines is 1. The molecule has 4 heteroatoms. The van der Waals surface area contributed by atoms with Crippen LogP contribution < -0.4 is 14.7 Å². The molecule has 2 aromatic rings. The van der Waals surface area contributed by atoms with Crippen molar-refractivity contribution in [3.05, 3.63) is 65.7 Å². The van der Waals surface area contributed by atoms with Gasteiger partial charge in [0.1, 0.15) is 26.2 Å². The summed E-state index contributed by atoms with van der Waals surface area (Å²) in [5, 5.41) is 0. The predicted octanol–water partition coefficient (Wildman–Crippen LogP) is 0.921. The zero-order valence-corrected chi connectivity index (χ0v) is 18.3. The number of nitrogens with zero attached hydrogens (tertiary/aromatic N) is 1. The van der Waals surface area contributed by atoms with Crippen molar-refractivity contribution in [2.45, 2.75) is 38.1 Å².